The third kappa shape index (κ3) is 3.56. The SMILES string of the molecule is CN1CCN(NCc2ccc(Br)cc2)CC1. The van der Waals surface area contributed by atoms with E-state index >= 15 is 0 Å². The molecule has 0 unspecified atom stereocenters. The van der Waals surface area contributed by atoms with E-state index in [4.69, 9.17) is 0 Å². The van der Waals surface area contributed by atoms with Gasteiger partial charge in [0.1, 0.15) is 0 Å². The van der Waals surface area contributed by atoms with Crippen LogP contribution in [-0.2, 0) is 6.54 Å². The summed E-state index contributed by atoms with van der Waals surface area (Å²) in [5.41, 5.74) is 4.79. The Morgan fingerprint density at radius 1 is 1.12 bits per heavy atom. The van der Waals surface area contributed by atoms with Crippen molar-refractivity contribution in [2.45, 2.75) is 6.54 Å². The first-order valence-corrected chi connectivity index (χ1v) is 6.45. The summed E-state index contributed by atoms with van der Waals surface area (Å²) >= 11 is 3.44. The summed E-state index contributed by atoms with van der Waals surface area (Å²) in [6, 6.07) is 8.46. The molecule has 4 heteroatoms. The van der Waals surface area contributed by atoms with E-state index in [1.807, 2.05) is 0 Å². The first-order chi connectivity index (χ1) is 7.74. The van der Waals surface area contributed by atoms with Gasteiger partial charge >= 0.3 is 0 Å². The van der Waals surface area contributed by atoms with E-state index in [1.54, 1.807) is 0 Å². The van der Waals surface area contributed by atoms with Gasteiger partial charge in [-0.2, -0.15) is 0 Å². The first kappa shape index (κ1) is 12.0. The number of hydrazine groups is 1. The molecular formula is C12H18BrN3. The van der Waals surface area contributed by atoms with Gasteiger partial charge in [-0.15, -0.1) is 0 Å². The fourth-order valence-electron chi connectivity index (χ4n) is 1.77. The number of benzene rings is 1. The molecule has 1 aliphatic rings. The standard InChI is InChI=1S/C12H18BrN3/c1-15-6-8-16(9-7-15)14-10-11-2-4-12(13)5-3-11/h2-5,14H,6-10H2,1H3. The number of halogens is 1. The lowest BCUT2D eigenvalue weighted by molar-refractivity contribution is 0.102. The van der Waals surface area contributed by atoms with Crippen LogP contribution in [0, 0.1) is 0 Å². The van der Waals surface area contributed by atoms with E-state index in [0.29, 0.717) is 0 Å². The first-order valence-electron chi connectivity index (χ1n) is 5.65. The van der Waals surface area contributed by atoms with Gasteiger partial charge in [0.2, 0.25) is 0 Å². The van der Waals surface area contributed by atoms with Crippen LogP contribution in [0.3, 0.4) is 0 Å². The average molecular weight is 284 g/mol. The fourth-order valence-corrected chi connectivity index (χ4v) is 2.03. The molecule has 0 amide bonds. The molecule has 1 aromatic rings. The lowest BCUT2D eigenvalue weighted by Gasteiger charge is -2.32. The van der Waals surface area contributed by atoms with Crippen LogP contribution in [0.5, 0.6) is 0 Å². The largest absolute Gasteiger partial charge is 0.304 e. The van der Waals surface area contributed by atoms with Gasteiger partial charge in [0.05, 0.1) is 0 Å². The second-order valence-corrected chi connectivity index (χ2v) is 5.17. The summed E-state index contributed by atoms with van der Waals surface area (Å²) < 4.78 is 1.14. The minimum atomic E-state index is 0.914. The van der Waals surface area contributed by atoms with E-state index in [0.717, 1.165) is 37.2 Å². The molecule has 0 spiro atoms. The molecule has 3 nitrogen and oxygen atoms in total. The van der Waals surface area contributed by atoms with Gasteiger partial charge in [-0.05, 0) is 24.7 Å². The Bertz CT molecular complexity index is 318. The van der Waals surface area contributed by atoms with Crippen LogP contribution in [-0.4, -0.2) is 43.1 Å². The van der Waals surface area contributed by atoms with Crippen molar-refractivity contribution in [2.75, 3.05) is 33.2 Å². The third-order valence-electron chi connectivity index (χ3n) is 2.92. The van der Waals surface area contributed by atoms with E-state index in [2.05, 4.69) is 62.6 Å². The highest BCUT2D eigenvalue weighted by Crippen LogP contribution is 2.10. The normalized spacial score (nSPS) is 18.9. The molecule has 0 bridgehead atoms. The number of piperazine rings is 1. The van der Waals surface area contributed by atoms with E-state index in [1.165, 1.54) is 5.56 Å². The van der Waals surface area contributed by atoms with E-state index < -0.39 is 0 Å². The van der Waals surface area contributed by atoms with Gasteiger partial charge in [0, 0.05) is 37.2 Å². The zero-order valence-electron chi connectivity index (χ0n) is 9.62. The molecule has 1 aliphatic heterocycles. The molecule has 2 rings (SSSR count). The summed E-state index contributed by atoms with van der Waals surface area (Å²) in [6.45, 7) is 5.41. The lowest BCUT2D eigenvalue weighted by atomic mass is 10.2. The second kappa shape index (κ2) is 5.77. The monoisotopic (exact) mass is 283 g/mol. The molecule has 0 radical (unpaired) electrons. The molecule has 16 heavy (non-hydrogen) atoms. The van der Waals surface area contributed by atoms with Crippen molar-refractivity contribution >= 4 is 15.9 Å². The number of hydrogen-bond acceptors (Lipinski definition) is 3. The fraction of sp³-hybridized carbons (Fsp3) is 0.500. The molecule has 0 aromatic heterocycles. The zero-order chi connectivity index (χ0) is 11.4. The predicted molar refractivity (Wildman–Crippen MR) is 70.1 cm³/mol. The molecule has 1 aromatic carbocycles. The highest BCUT2D eigenvalue weighted by atomic mass is 79.9. The van der Waals surface area contributed by atoms with Gasteiger partial charge in [-0.3, -0.25) is 5.43 Å². The summed E-state index contributed by atoms with van der Waals surface area (Å²) in [5, 5.41) is 2.31. The lowest BCUT2D eigenvalue weighted by Crippen LogP contribution is -2.50. The molecule has 0 aliphatic carbocycles. The Hall–Kier alpha value is -0.420. The molecule has 1 saturated heterocycles. The number of nitrogens with one attached hydrogen (secondary N) is 1. The van der Waals surface area contributed by atoms with Crippen LogP contribution in [0.25, 0.3) is 0 Å². The van der Waals surface area contributed by atoms with Crippen LogP contribution in [0.4, 0.5) is 0 Å². The Morgan fingerprint density at radius 3 is 2.38 bits per heavy atom. The summed E-state index contributed by atoms with van der Waals surface area (Å²) in [7, 11) is 2.17. The smallest absolute Gasteiger partial charge is 0.0353 e. The van der Waals surface area contributed by atoms with Crippen molar-refractivity contribution in [2.24, 2.45) is 0 Å². The second-order valence-electron chi connectivity index (χ2n) is 4.25. The van der Waals surface area contributed by atoms with Crippen LogP contribution < -0.4 is 5.43 Å². The van der Waals surface area contributed by atoms with Crippen molar-refractivity contribution < 1.29 is 0 Å². The van der Waals surface area contributed by atoms with Crippen LogP contribution in [0.1, 0.15) is 5.56 Å². The Morgan fingerprint density at radius 2 is 1.75 bits per heavy atom. The molecule has 1 heterocycles. The Labute approximate surface area is 106 Å². The van der Waals surface area contributed by atoms with E-state index in [-0.39, 0.29) is 0 Å². The van der Waals surface area contributed by atoms with Gasteiger partial charge in [0.25, 0.3) is 0 Å². The van der Waals surface area contributed by atoms with Crippen molar-refractivity contribution in [1.29, 1.82) is 0 Å². The van der Waals surface area contributed by atoms with Gasteiger partial charge in [0.15, 0.2) is 0 Å². The van der Waals surface area contributed by atoms with Crippen molar-refractivity contribution in [3.8, 4) is 0 Å². The average Bonchev–Trinajstić information content (AvgIpc) is 2.30. The Balaban J connectivity index is 1.77. The Kier molecular flexibility index (Phi) is 4.35. The quantitative estimate of drug-likeness (QED) is 0.911. The zero-order valence-corrected chi connectivity index (χ0v) is 11.2. The minimum absolute atomic E-state index is 0.914. The van der Waals surface area contributed by atoms with Crippen molar-refractivity contribution in [3.63, 3.8) is 0 Å². The summed E-state index contributed by atoms with van der Waals surface area (Å²) in [6.07, 6.45) is 0. The summed E-state index contributed by atoms with van der Waals surface area (Å²) in [4.78, 5) is 2.36. The summed E-state index contributed by atoms with van der Waals surface area (Å²) in [5.74, 6) is 0. The number of hydrogen-bond donors (Lipinski definition) is 1. The molecular weight excluding hydrogens is 266 g/mol. The molecule has 0 saturated carbocycles. The van der Waals surface area contributed by atoms with Gasteiger partial charge in [-0.25, -0.2) is 5.01 Å². The molecule has 88 valence electrons. The molecule has 1 fully saturated rings. The van der Waals surface area contributed by atoms with Crippen molar-refractivity contribution in [3.05, 3.63) is 34.3 Å². The van der Waals surface area contributed by atoms with Crippen molar-refractivity contribution in [1.82, 2.24) is 15.3 Å². The van der Waals surface area contributed by atoms with Gasteiger partial charge in [-0.1, -0.05) is 28.1 Å². The van der Waals surface area contributed by atoms with Crippen LogP contribution in [0.2, 0.25) is 0 Å². The maximum Gasteiger partial charge on any atom is 0.0353 e. The molecule has 0 atom stereocenters. The minimum Gasteiger partial charge on any atom is -0.304 e. The predicted octanol–water partition coefficient (Wildman–Crippen LogP) is 1.70. The number of nitrogens with zero attached hydrogens (tertiary/aromatic N) is 2. The maximum absolute atomic E-state index is 3.47. The topological polar surface area (TPSA) is 18.5 Å². The number of likely N-dealkylation sites (N-methyl/N-ethyl adjacent to an activating group) is 1. The van der Waals surface area contributed by atoms with Crippen LogP contribution in [0.15, 0.2) is 28.7 Å². The highest BCUT2D eigenvalue weighted by Gasteiger charge is 2.12. The maximum atomic E-state index is 3.47. The molecule has 1 N–H and O–H groups in total. The van der Waals surface area contributed by atoms with E-state index in [9.17, 15) is 0 Å². The van der Waals surface area contributed by atoms with Gasteiger partial charge < -0.3 is 4.90 Å². The number of rotatable bonds is 3. The van der Waals surface area contributed by atoms with Crippen LogP contribution >= 0.6 is 15.9 Å². The highest BCUT2D eigenvalue weighted by molar-refractivity contribution is 9.10. The third-order valence-corrected chi connectivity index (χ3v) is 3.45.